The number of methoxy groups -OCH3 is 2. The van der Waals surface area contributed by atoms with Crippen LogP contribution < -0.4 is 20.1 Å². The molecule has 1 fully saturated rings. The van der Waals surface area contributed by atoms with Crippen LogP contribution in [0.2, 0.25) is 0 Å². The van der Waals surface area contributed by atoms with E-state index in [0.29, 0.717) is 11.5 Å². The van der Waals surface area contributed by atoms with Crippen LogP contribution in [-0.2, 0) is 5.54 Å². The summed E-state index contributed by atoms with van der Waals surface area (Å²) in [6.07, 6.45) is 5.21. The molecule has 5 nitrogen and oxygen atoms in total. The van der Waals surface area contributed by atoms with E-state index in [0.717, 1.165) is 44.2 Å². The van der Waals surface area contributed by atoms with E-state index in [1.807, 2.05) is 18.2 Å². The van der Waals surface area contributed by atoms with Crippen LogP contribution in [0.1, 0.15) is 44.6 Å². The molecule has 1 aromatic rings. The third-order valence-electron chi connectivity index (χ3n) is 4.10. The normalized spacial score (nSPS) is 15.0. The Labute approximate surface area is 132 Å². The maximum Gasteiger partial charge on any atom is 0.315 e. The number of hydrogen-bond acceptors (Lipinski definition) is 3. The van der Waals surface area contributed by atoms with Gasteiger partial charge in [-0.3, -0.25) is 0 Å². The number of amides is 2. The van der Waals surface area contributed by atoms with Crippen LogP contribution in [0.15, 0.2) is 18.2 Å². The molecule has 0 aromatic heterocycles. The summed E-state index contributed by atoms with van der Waals surface area (Å²) in [6.45, 7) is 2.87. The number of urea groups is 1. The number of carbonyl (C=O) groups excluding carboxylic acids is 1. The van der Waals surface area contributed by atoms with Crippen molar-refractivity contribution in [3.63, 3.8) is 0 Å². The van der Waals surface area contributed by atoms with Crippen molar-refractivity contribution in [2.24, 2.45) is 0 Å². The van der Waals surface area contributed by atoms with Gasteiger partial charge >= 0.3 is 6.03 Å². The minimum absolute atomic E-state index is 0.0941. The molecule has 1 aliphatic carbocycles. The lowest BCUT2D eigenvalue weighted by molar-refractivity contribution is 0.235. The molecule has 0 atom stereocenters. The lowest BCUT2D eigenvalue weighted by Crippen LogP contribution is -2.42. The van der Waals surface area contributed by atoms with Gasteiger partial charge in [0, 0.05) is 6.54 Å². The molecule has 2 amide bonds. The summed E-state index contributed by atoms with van der Waals surface area (Å²) >= 11 is 0. The van der Waals surface area contributed by atoms with Gasteiger partial charge in [-0.05, 0) is 37.0 Å². The highest BCUT2D eigenvalue weighted by Crippen LogP contribution is 2.47. The fraction of sp³-hybridized carbons (Fsp3) is 0.588. The minimum atomic E-state index is -0.256. The highest BCUT2D eigenvalue weighted by Gasteiger charge is 2.46. The predicted molar refractivity (Wildman–Crippen MR) is 86.5 cm³/mol. The van der Waals surface area contributed by atoms with Crippen molar-refractivity contribution in [3.8, 4) is 11.5 Å². The maximum absolute atomic E-state index is 12.0. The molecule has 0 heterocycles. The Kier molecular flexibility index (Phi) is 5.52. The Morgan fingerprint density at radius 3 is 2.50 bits per heavy atom. The van der Waals surface area contributed by atoms with Crippen molar-refractivity contribution in [2.45, 2.75) is 44.6 Å². The van der Waals surface area contributed by atoms with Gasteiger partial charge in [0.2, 0.25) is 0 Å². The summed E-state index contributed by atoms with van der Waals surface area (Å²) < 4.78 is 10.6. The Balaban J connectivity index is 1.97. The van der Waals surface area contributed by atoms with Crippen molar-refractivity contribution in [1.82, 2.24) is 10.6 Å². The van der Waals surface area contributed by atoms with Gasteiger partial charge in [0.25, 0.3) is 0 Å². The summed E-state index contributed by atoms with van der Waals surface area (Å²) in [7, 11) is 3.24. The fourth-order valence-electron chi connectivity index (χ4n) is 2.58. The molecule has 1 aliphatic rings. The highest BCUT2D eigenvalue weighted by atomic mass is 16.5. The van der Waals surface area contributed by atoms with E-state index in [-0.39, 0.29) is 11.6 Å². The van der Waals surface area contributed by atoms with Crippen LogP contribution in [-0.4, -0.2) is 26.8 Å². The maximum atomic E-state index is 12.0. The monoisotopic (exact) mass is 306 g/mol. The van der Waals surface area contributed by atoms with Gasteiger partial charge in [0.1, 0.15) is 0 Å². The minimum Gasteiger partial charge on any atom is -0.493 e. The quantitative estimate of drug-likeness (QED) is 0.725. The Morgan fingerprint density at radius 1 is 1.18 bits per heavy atom. The lowest BCUT2D eigenvalue weighted by Gasteiger charge is -2.20. The average molecular weight is 306 g/mol. The van der Waals surface area contributed by atoms with Gasteiger partial charge in [-0.25, -0.2) is 4.79 Å². The van der Waals surface area contributed by atoms with Crippen molar-refractivity contribution in [1.29, 1.82) is 0 Å². The molecule has 2 N–H and O–H groups in total. The van der Waals surface area contributed by atoms with Gasteiger partial charge in [-0.2, -0.15) is 0 Å². The zero-order valence-electron chi connectivity index (χ0n) is 13.7. The molecular formula is C17H26N2O3. The van der Waals surface area contributed by atoms with Crippen LogP contribution in [0.25, 0.3) is 0 Å². The van der Waals surface area contributed by atoms with Crippen LogP contribution >= 0.6 is 0 Å². The number of unbranched alkanes of at least 4 members (excludes halogenated alkanes) is 2. The van der Waals surface area contributed by atoms with E-state index in [9.17, 15) is 4.79 Å². The fourth-order valence-corrected chi connectivity index (χ4v) is 2.58. The second-order valence-electron chi connectivity index (χ2n) is 5.74. The van der Waals surface area contributed by atoms with Crippen LogP contribution in [0.3, 0.4) is 0 Å². The van der Waals surface area contributed by atoms with Crippen LogP contribution in [0, 0.1) is 0 Å². The molecule has 0 aliphatic heterocycles. The van der Waals surface area contributed by atoms with E-state index >= 15 is 0 Å². The van der Waals surface area contributed by atoms with Crippen molar-refractivity contribution >= 4 is 6.03 Å². The Bertz CT molecular complexity index is 513. The number of nitrogens with one attached hydrogen (secondary N) is 2. The molecule has 0 spiro atoms. The first kappa shape index (κ1) is 16.5. The number of carbonyl (C=O) groups is 1. The van der Waals surface area contributed by atoms with Crippen molar-refractivity contribution in [2.75, 3.05) is 20.8 Å². The summed E-state index contributed by atoms with van der Waals surface area (Å²) in [5, 5.41) is 6.03. The predicted octanol–water partition coefficient (Wildman–Crippen LogP) is 3.18. The van der Waals surface area contributed by atoms with Gasteiger partial charge in [0.05, 0.1) is 19.8 Å². The lowest BCUT2D eigenvalue weighted by atomic mass is 10.0. The zero-order valence-corrected chi connectivity index (χ0v) is 13.7. The molecule has 2 rings (SSSR count). The number of ether oxygens (including phenoxy) is 2. The zero-order chi connectivity index (χ0) is 16.0. The Hall–Kier alpha value is -1.91. The van der Waals surface area contributed by atoms with E-state index in [4.69, 9.17) is 9.47 Å². The van der Waals surface area contributed by atoms with Crippen molar-refractivity contribution in [3.05, 3.63) is 23.8 Å². The van der Waals surface area contributed by atoms with Crippen LogP contribution in [0.4, 0.5) is 4.79 Å². The van der Waals surface area contributed by atoms with E-state index in [2.05, 4.69) is 17.6 Å². The third kappa shape index (κ3) is 3.84. The largest absolute Gasteiger partial charge is 0.493 e. The molecule has 0 saturated heterocycles. The highest BCUT2D eigenvalue weighted by molar-refractivity contribution is 5.75. The first-order chi connectivity index (χ1) is 10.6. The second-order valence-corrected chi connectivity index (χ2v) is 5.74. The molecule has 22 heavy (non-hydrogen) atoms. The van der Waals surface area contributed by atoms with Gasteiger partial charge in [0.15, 0.2) is 11.5 Å². The molecule has 1 aromatic carbocycles. The summed E-state index contributed by atoms with van der Waals surface area (Å²) in [5.74, 6) is 1.39. The first-order valence-electron chi connectivity index (χ1n) is 7.93. The summed E-state index contributed by atoms with van der Waals surface area (Å²) in [4.78, 5) is 12.0. The number of benzene rings is 1. The molecule has 0 bridgehead atoms. The first-order valence-corrected chi connectivity index (χ1v) is 7.93. The van der Waals surface area contributed by atoms with E-state index in [1.54, 1.807) is 14.2 Å². The van der Waals surface area contributed by atoms with E-state index in [1.165, 1.54) is 0 Å². The number of rotatable bonds is 8. The SMILES string of the molecule is CCCCCNC(=O)NC1(c2ccc(OC)c(OC)c2)CC1. The molecule has 122 valence electrons. The molecule has 5 heteroatoms. The average Bonchev–Trinajstić information content (AvgIpc) is 3.31. The van der Waals surface area contributed by atoms with Crippen LogP contribution in [0.5, 0.6) is 11.5 Å². The smallest absolute Gasteiger partial charge is 0.315 e. The van der Waals surface area contributed by atoms with Gasteiger partial charge < -0.3 is 20.1 Å². The van der Waals surface area contributed by atoms with Gasteiger partial charge in [-0.1, -0.05) is 25.8 Å². The van der Waals surface area contributed by atoms with Gasteiger partial charge in [-0.15, -0.1) is 0 Å². The molecule has 0 unspecified atom stereocenters. The second kappa shape index (κ2) is 7.38. The molecular weight excluding hydrogens is 280 g/mol. The molecule has 1 saturated carbocycles. The Morgan fingerprint density at radius 2 is 1.91 bits per heavy atom. The topological polar surface area (TPSA) is 59.6 Å². The third-order valence-corrected chi connectivity index (χ3v) is 4.10. The van der Waals surface area contributed by atoms with Crippen molar-refractivity contribution < 1.29 is 14.3 Å². The number of hydrogen-bond donors (Lipinski definition) is 2. The standard InChI is InChI=1S/C17H26N2O3/c1-4-5-6-11-18-16(20)19-17(9-10-17)13-7-8-14(21-2)15(12-13)22-3/h7-8,12H,4-6,9-11H2,1-3H3,(H2,18,19,20). The molecule has 0 radical (unpaired) electrons. The summed E-state index contributed by atoms with van der Waals surface area (Å²) in [6, 6.07) is 5.73. The summed E-state index contributed by atoms with van der Waals surface area (Å²) in [5.41, 5.74) is 0.808. The van der Waals surface area contributed by atoms with E-state index < -0.39 is 0 Å².